The highest BCUT2D eigenvalue weighted by molar-refractivity contribution is 7.16. The van der Waals surface area contributed by atoms with Crippen molar-refractivity contribution in [3.05, 3.63) is 16.0 Å². The van der Waals surface area contributed by atoms with Crippen molar-refractivity contribution < 1.29 is 14.3 Å². The first-order chi connectivity index (χ1) is 10.2. The number of esters is 1. The first kappa shape index (κ1) is 18.6. The van der Waals surface area contributed by atoms with Crippen LogP contribution in [-0.4, -0.2) is 31.1 Å². The first-order valence-corrected chi connectivity index (χ1v) is 8.22. The molecule has 1 aromatic heterocycles. The predicted molar refractivity (Wildman–Crippen MR) is 90.5 cm³/mol. The number of nitrogens with one attached hydrogen (secondary N) is 2. The Morgan fingerprint density at radius 1 is 1.23 bits per heavy atom. The monoisotopic (exact) mass is 326 g/mol. The van der Waals surface area contributed by atoms with Gasteiger partial charge in [0, 0.05) is 10.4 Å². The first-order valence-electron chi connectivity index (χ1n) is 7.40. The van der Waals surface area contributed by atoms with Crippen molar-refractivity contribution in [3.63, 3.8) is 0 Å². The quantitative estimate of drug-likeness (QED) is 0.756. The molecule has 1 heterocycles. The smallest absolute Gasteiger partial charge is 0.307 e. The van der Waals surface area contributed by atoms with Crippen LogP contribution < -0.4 is 10.6 Å². The summed E-state index contributed by atoms with van der Waals surface area (Å²) in [5.74, 6) is -0.383. The lowest BCUT2D eigenvalue weighted by Gasteiger charge is -2.28. The van der Waals surface area contributed by atoms with Crippen molar-refractivity contribution in [2.75, 3.05) is 19.0 Å². The van der Waals surface area contributed by atoms with E-state index in [1.54, 1.807) is 11.3 Å². The molecule has 1 aromatic rings. The van der Waals surface area contributed by atoms with Crippen molar-refractivity contribution in [1.82, 2.24) is 5.32 Å². The fraction of sp³-hybridized carbons (Fsp3) is 0.625. The third kappa shape index (κ3) is 4.81. The summed E-state index contributed by atoms with van der Waals surface area (Å²) in [6, 6.07) is 0. The highest BCUT2D eigenvalue weighted by Gasteiger charge is 2.26. The molecular formula is C16H26N2O3S. The molecule has 0 spiro atoms. The number of hydrogen-bond acceptors (Lipinski definition) is 5. The number of methoxy groups -OCH3 is 1. The van der Waals surface area contributed by atoms with E-state index in [2.05, 4.69) is 17.6 Å². The zero-order chi connectivity index (χ0) is 16.9. The Labute approximate surface area is 136 Å². The molecule has 2 N–H and O–H groups in total. The van der Waals surface area contributed by atoms with E-state index in [0.717, 1.165) is 17.0 Å². The Balaban J connectivity index is 2.61. The van der Waals surface area contributed by atoms with E-state index < -0.39 is 5.54 Å². The number of amides is 1. The second-order valence-corrected chi connectivity index (χ2v) is 7.03. The van der Waals surface area contributed by atoms with Crippen LogP contribution in [0.2, 0.25) is 0 Å². The molecule has 0 aliphatic carbocycles. The van der Waals surface area contributed by atoms with Gasteiger partial charge in [-0.3, -0.25) is 9.59 Å². The SMILES string of the molecule is CCC(C)(CC(=O)OC)NCC(=O)Nc1sc(C)c(C)c1C. The van der Waals surface area contributed by atoms with Crippen molar-refractivity contribution in [2.24, 2.45) is 0 Å². The van der Waals surface area contributed by atoms with E-state index in [4.69, 9.17) is 4.74 Å². The highest BCUT2D eigenvalue weighted by Crippen LogP contribution is 2.31. The van der Waals surface area contributed by atoms with E-state index in [9.17, 15) is 9.59 Å². The van der Waals surface area contributed by atoms with Crippen LogP contribution >= 0.6 is 11.3 Å². The van der Waals surface area contributed by atoms with Crippen molar-refractivity contribution in [1.29, 1.82) is 0 Å². The number of aryl methyl sites for hydroxylation is 1. The molecule has 0 aliphatic heterocycles. The zero-order valence-electron chi connectivity index (χ0n) is 14.3. The molecule has 1 rings (SSSR count). The molecule has 0 bridgehead atoms. The Morgan fingerprint density at radius 2 is 1.86 bits per heavy atom. The predicted octanol–water partition coefficient (Wildman–Crippen LogP) is 2.93. The maximum absolute atomic E-state index is 12.1. The van der Waals surface area contributed by atoms with Gasteiger partial charge in [-0.2, -0.15) is 0 Å². The molecule has 1 atom stereocenters. The molecule has 1 unspecified atom stereocenters. The van der Waals surface area contributed by atoms with Gasteiger partial charge in [-0.1, -0.05) is 6.92 Å². The lowest BCUT2D eigenvalue weighted by atomic mass is 9.94. The molecule has 124 valence electrons. The average Bonchev–Trinajstić information content (AvgIpc) is 2.72. The van der Waals surface area contributed by atoms with Gasteiger partial charge in [0.1, 0.15) is 0 Å². The van der Waals surface area contributed by atoms with Gasteiger partial charge in [-0.05, 0) is 45.2 Å². The largest absolute Gasteiger partial charge is 0.469 e. The number of hydrogen-bond donors (Lipinski definition) is 2. The second-order valence-electron chi connectivity index (χ2n) is 5.81. The molecule has 22 heavy (non-hydrogen) atoms. The molecule has 0 radical (unpaired) electrons. The summed E-state index contributed by atoms with van der Waals surface area (Å²) >= 11 is 1.59. The number of ether oxygens (including phenoxy) is 1. The van der Waals surface area contributed by atoms with Crippen LogP contribution in [0.15, 0.2) is 0 Å². The summed E-state index contributed by atoms with van der Waals surface area (Å²) in [4.78, 5) is 24.8. The number of thiophene rings is 1. The van der Waals surface area contributed by atoms with E-state index in [0.29, 0.717) is 0 Å². The standard InChI is InChI=1S/C16H26N2O3S/c1-7-16(5,8-14(20)21-6)17-9-13(19)18-15-11(3)10(2)12(4)22-15/h17H,7-9H2,1-6H3,(H,18,19). The third-order valence-electron chi connectivity index (χ3n) is 4.16. The number of carbonyl (C=O) groups is 2. The van der Waals surface area contributed by atoms with Crippen molar-refractivity contribution in [2.45, 2.75) is 53.0 Å². The third-order valence-corrected chi connectivity index (χ3v) is 5.38. The minimum atomic E-state index is -0.444. The highest BCUT2D eigenvalue weighted by atomic mass is 32.1. The molecule has 0 saturated heterocycles. The lowest BCUT2D eigenvalue weighted by molar-refractivity contribution is -0.142. The summed E-state index contributed by atoms with van der Waals surface area (Å²) in [5.41, 5.74) is 1.89. The second kappa shape index (κ2) is 7.74. The van der Waals surface area contributed by atoms with E-state index in [1.165, 1.54) is 17.6 Å². The van der Waals surface area contributed by atoms with E-state index in [1.807, 2.05) is 27.7 Å². The molecule has 1 amide bonds. The van der Waals surface area contributed by atoms with Gasteiger partial charge in [-0.15, -0.1) is 11.3 Å². The van der Waals surface area contributed by atoms with Gasteiger partial charge < -0.3 is 15.4 Å². The fourth-order valence-electron chi connectivity index (χ4n) is 2.03. The Morgan fingerprint density at radius 3 is 2.32 bits per heavy atom. The van der Waals surface area contributed by atoms with Gasteiger partial charge in [0.15, 0.2) is 0 Å². The van der Waals surface area contributed by atoms with Crippen molar-refractivity contribution in [3.8, 4) is 0 Å². The molecule has 0 aromatic carbocycles. The van der Waals surface area contributed by atoms with Crippen LogP contribution in [0.4, 0.5) is 5.00 Å². The van der Waals surface area contributed by atoms with Crippen molar-refractivity contribution >= 4 is 28.2 Å². The van der Waals surface area contributed by atoms with Crippen LogP contribution in [0.1, 0.15) is 42.7 Å². The number of carbonyl (C=O) groups excluding carboxylic acids is 2. The normalized spacial score (nSPS) is 13.5. The maximum Gasteiger partial charge on any atom is 0.307 e. The van der Waals surface area contributed by atoms with Gasteiger partial charge >= 0.3 is 5.97 Å². The Hall–Kier alpha value is -1.40. The maximum atomic E-state index is 12.1. The van der Waals surface area contributed by atoms with Crippen LogP contribution in [0.3, 0.4) is 0 Å². The molecular weight excluding hydrogens is 300 g/mol. The van der Waals surface area contributed by atoms with Gasteiger partial charge in [0.25, 0.3) is 0 Å². The summed E-state index contributed by atoms with van der Waals surface area (Å²) < 4.78 is 4.70. The summed E-state index contributed by atoms with van der Waals surface area (Å²) in [5, 5.41) is 7.00. The molecule has 5 nitrogen and oxygen atoms in total. The lowest BCUT2D eigenvalue weighted by Crippen LogP contribution is -2.47. The minimum absolute atomic E-state index is 0.103. The topological polar surface area (TPSA) is 67.4 Å². The summed E-state index contributed by atoms with van der Waals surface area (Å²) in [7, 11) is 1.37. The average molecular weight is 326 g/mol. The molecule has 6 heteroatoms. The minimum Gasteiger partial charge on any atom is -0.469 e. The van der Waals surface area contributed by atoms with E-state index in [-0.39, 0.29) is 24.8 Å². The number of rotatable bonds is 7. The van der Waals surface area contributed by atoms with Gasteiger partial charge in [0.05, 0.1) is 25.1 Å². The zero-order valence-corrected chi connectivity index (χ0v) is 15.1. The number of anilines is 1. The van der Waals surface area contributed by atoms with E-state index >= 15 is 0 Å². The Kier molecular flexibility index (Phi) is 6.56. The fourth-order valence-corrected chi connectivity index (χ4v) is 3.11. The van der Waals surface area contributed by atoms with Crippen LogP contribution in [0, 0.1) is 20.8 Å². The molecule has 0 saturated carbocycles. The molecule has 0 aliphatic rings. The van der Waals surface area contributed by atoms with Crippen LogP contribution in [-0.2, 0) is 14.3 Å². The molecule has 0 fully saturated rings. The van der Waals surface area contributed by atoms with Crippen LogP contribution in [0.5, 0.6) is 0 Å². The summed E-state index contributed by atoms with van der Waals surface area (Å²) in [6.07, 6.45) is 0.967. The van der Waals surface area contributed by atoms with Gasteiger partial charge in [0.2, 0.25) is 5.91 Å². The summed E-state index contributed by atoms with van der Waals surface area (Å²) in [6.45, 7) is 10.2. The van der Waals surface area contributed by atoms with Crippen LogP contribution in [0.25, 0.3) is 0 Å². The Bertz CT molecular complexity index is 554. The van der Waals surface area contributed by atoms with Gasteiger partial charge in [-0.25, -0.2) is 0 Å².